The SMILES string of the molecule is COc1ccc(F)cc1S(=O)(=O)C[C@H]1C[C@@H](N(C)c2ncnc3[nH]ccc23)C1. The van der Waals surface area contributed by atoms with E-state index in [2.05, 4.69) is 19.9 Å². The van der Waals surface area contributed by atoms with Crippen molar-refractivity contribution in [3.8, 4) is 5.75 Å². The summed E-state index contributed by atoms with van der Waals surface area (Å²) in [5.74, 6) is 0.383. The molecule has 1 fully saturated rings. The highest BCUT2D eigenvalue weighted by Crippen LogP contribution is 2.37. The van der Waals surface area contributed by atoms with Crippen LogP contribution in [0.25, 0.3) is 11.0 Å². The Kier molecular flexibility index (Phi) is 4.70. The lowest BCUT2D eigenvalue weighted by molar-refractivity contribution is 0.282. The first-order valence-corrected chi connectivity index (χ1v) is 10.6. The molecule has 1 aliphatic carbocycles. The molecule has 0 atom stereocenters. The van der Waals surface area contributed by atoms with E-state index >= 15 is 0 Å². The van der Waals surface area contributed by atoms with Crippen LogP contribution < -0.4 is 9.64 Å². The van der Waals surface area contributed by atoms with Gasteiger partial charge >= 0.3 is 0 Å². The lowest BCUT2D eigenvalue weighted by Gasteiger charge is -2.41. The maximum atomic E-state index is 13.6. The molecule has 148 valence electrons. The summed E-state index contributed by atoms with van der Waals surface area (Å²) in [7, 11) is -0.302. The Morgan fingerprint density at radius 3 is 2.82 bits per heavy atom. The number of aromatic nitrogens is 3. The van der Waals surface area contributed by atoms with Crippen LogP contribution >= 0.6 is 0 Å². The number of hydrogen-bond acceptors (Lipinski definition) is 6. The number of hydrogen-bond donors (Lipinski definition) is 1. The molecule has 9 heteroatoms. The number of ether oxygens (including phenoxy) is 1. The summed E-state index contributed by atoms with van der Waals surface area (Å²) in [6.45, 7) is 0. The highest BCUT2D eigenvalue weighted by molar-refractivity contribution is 7.91. The van der Waals surface area contributed by atoms with Crippen LogP contribution in [0, 0.1) is 11.7 Å². The molecule has 0 saturated heterocycles. The zero-order valence-corrected chi connectivity index (χ0v) is 16.4. The number of nitrogens with one attached hydrogen (secondary N) is 1. The Balaban J connectivity index is 1.46. The number of fused-ring (bicyclic) bond motifs is 1. The van der Waals surface area contributed by atoms with Gasteiger partial charge < -0.3 is 14.6 Å². The second kappa shape index (κ2) is 7.05. The molecule has 2 aromatic heterocycles. The first-order chi connectivity index (χ1) is 13.4. The molecule has 7 nitrogen and oxygen atoms in total. The van der Waals surface area contributed by atoms with Crippen LogP contribution in [-0.2, 0) is 9.84 Å². The Labute approximate surface area is 162 Å². The predicted octanol–water partition coefficient (Wildman–Crippen LogP) is 2.79. The van der Waals surface area contributed by atoms with Gasteiger partial charge in [-0.15, -0.1) is 0 Å². The number of anilines is 1. The van der Waals surface area contributed by atoms with Gasteiger partial charge in [-0.2, -0.15) is 0 Å². The van der Waals surface area contributed by atoms with E-state index in [1.54, 1.807) is 0 Å². The smallest absolute Gasteiger partial charge is 0.182 e. The number of nitrogens with zero attached hydrogens (tertiary/aromatic N) is 3. The number of benzene rings is 1. The third kappa shape index (κ3) is 3.30. The van der Waals surface area contributed by atoms with Crippen molar-refractivity contribution in [1.29, 1.82) is 0 Å². The Morgan fingerprint density at radius 1 is 1.29 bits per heavy atom. The lowest BCUT2D eigenvalue weighted by Crippen LogP contribution is -2.45. The third-order valence-corrected chi connectivity index (χ3v) is 7.24. The summed E-state index contributed by atoms with van der Waals surface area (Å²) in [6.07, 6.45) is 4.78. The molecule has 0 unspecified atom stereocenters. The average Bonchev–Trinajstić information content (AvgIpc) is 3.12. The molecule has 0 amide bonds. The van der Waals surface area contributed by atoms with E-state index in [4.69, 9.17) is 4.74 Å². The summed E-state index contributed by atoms with van der Waals surface area (Å²) < 4.78 is 44.2. The second-order valence-electron chi connectivity index (χ2n) is 7.12. The van der Waals surface area contributed by atoms with E-state index in [1.807, 2.05) is 19.3 Å². The molecular formula is C19H21FN4O3S. The van der Waals surface area contributed by atoms with Gasteiger partial charge in [-0.05, 0) is 43.0 Å². The quantitative estimate of drug-likeness (QED) is 0.680. The molecule has 1 aromatic carbocycles. The van der Waals surface area contributed by atoms with Crippen molar-refractivity contribution in [1.82, 2.24) is 15.0 Å². The van der Waals surface area contributed by atoms with E-state index in [1.165, 1.54) is 25.6 Å². The standard InChI is InChI=1S/C19H21FN4O3S/c1-24(19-15-5-6-21-18(15)22-11-23-19)14-7-12(8-14)10-28(25,26)17-9-13(20)3-4-16(17)27-2/h3-6,9,11-12,14H,7-8,10H2,1-2H3,(H,21,22,23)/t12-,14+. The van der Waals surface area contributed by atoms with Crippen molar-refractivity contribution in [2.24, 2.45) is 5.92 Å². The van der Waals surface area contributed by atoms with Crippen LogP contribution in [0.5, 0.6) is 5.75 Å². The molecule has 0 aliphatic heterocycles. The molecular weight excluding hydrogens is 383 g/mol. The van der Waals surface area contributed by atoms with Crippen molar-refractivity contribution < 1.29 is 17.5 Å². The molecule has 1 N–H and O–H groups in total. The van der Waals surface area contributed by atoms with E-state index in [9.17, 15) is 12.8 Å². The van der Waals surface area contributed by atoms with Crippen molar-refractivity contribution in [2.45, 2.75) is 23.8 Å². The summed E-state index contributed by atoms with van der Waals surface area (Å²) in [6, 6.07) is 5.69. The van der Waals surface area contributed by atoms with Gasteiger partial charge in [-0.25, -0.2) is 22.8 Å². The summed E-state index contributed by atoms with van der Waals surface area (Å²) >= 11 is 0. The average molecular weight is 404 g/mol. The van der Waals surface area contributed by atoms with Crippen LogP contribution in [0.3, 0.4) is 0 Å². The molecule has 2 heterocycles. The van der Waals surface area contributed by atoms with E-state index in [0.29, 0.717) is 0 Å². The van der Waals surface area contributed by atoms with Crippen molar-refractivity contribution in [3.05, 3.63) is 42.6 Å². The minimum atomic E-state index is -3.64. The van der Waals surface area contributed by atoms with Gasteiger partial charge in [-0.1, -0.05) is 0 Å². The molecule has 1 aliphatic rings. The topological polar surface area (TPSA) is 88.2 Å². The van der Waals surface area contributed by atoms with Crippen LogP contribution in [0.15, 0.2) is 41.7 Å². The van der Waals surface area contributed by atoms with Gasteiger partial charge in [0, 0.05) is 19.3 Å². The van der Waals surface area contributed by atoms with E-state index < -0.39 is 15.7 Å². The summed E-state index contributed by atoms with van der Waals surface area (Å²) in [5, 5.41) is 0.936. The van der Waals surface area contributed by atoms with Crippen LogP contribution in [-0.4, -0.2) is 49.3 Å². The van der Waals surface area contributed by atoms with Crippen molar-refractivity contribution in [2.75, 3.05) is 24.8 Å². The number of methoxy groups -OCH3 is 1. The molecule has 4 rings (SSSR count). The highest BCUT2D eigenvalue weighted by atomic mass is 32.2. The fourth-order valence-corrected chi connectivity index (χ4v) is 5.58. The molecule has 28 heavy (non-hydrogen) atoms. The van der Waals surface area contributed by atoms with Gasteiger partial charge in [0.25, 0.3) is 0 Å². The van der Waals surface area contributed by atoms with E-state index in [-0.39, 0.29) is 28.4 Å². The number of halogens is 1. The summed E-state index contributed by atoms with van der Waals surface area (Å²) in [5.41, 5.74) is 0.772. The largest absolute Gasteiger partial charge is 0.495 e. The van der Waals surface area contributed by atoms with Gasteiger partial charge in [0.2, 0.25) is 0 Å². The predicted molar refractivity (Wildman–Crippen MR) is 104 cm³/mol. The second-order valence-corrected chi connectivity index (χ2v) is 9.12. The zero-order valence-electron chi connectivity index (χ0n) is 15.6. The maximum Gasteiger partial charge on any atom is 0.182 e. The molecule has 3 aromatic rings. The molecule has 0 spiro atoms. The number of H-pyrrole nitrogens is 1. The van der Waals surface area contributed by atoms with Crippen molar-refractivity contribution in [3.63, 3.8) is 0 Å². The van der Waals surface area contributed by atoms with E-state index in [0.717, 1.165) is 35.8 Å². The first kappa shape index (κ1) is 18.7. The van der Waals surface area contributed by atoms with Gasteiger partial charge in [0.1, 0.15) is 34.3 Å². The minimum Gasteiger partial charge on any atom is -0.495 e. The lowest BCUT2D eigenvalue weighted by atomic mass is 9.81. The van der Waals surface area contributed by atoms with Crippen molar-refractivity contribution >= 4 is 26.7 Å². The Morgan fingerprint density at radius 2 is 2.07 bits per heavy atom. The fourth-order valence-electron chi connectivity index (χ4n) is 3.76. The van der Waals surface area contributed by atoms with Crippen LogP contribution in [0.1, 0.15) is 12.8 Å². The fraction of sp³-hybridized carbons (Fsp3) is 0.368. The molecule has 1 saturated carbocycles. The Hall–Kier alpha value is -2.68. The minimum absolute atomic E-state index is 0.00831. The first-order valence-electron chi connectivity index (χ1n) is 8.96. The van der Waals surface area contributed by atoms with Gasteiger partial charge in [0.05, 0.1) is 18.2 Å². The number of rotatable bonds is 6. The third-order valence-electron chi connectivity index (χ3n) is 5.34. The summed E-state index contributed by atoms with van der Waals surface area (Å²) in [4.78, 5) is 13.6. The van der Waals surface area contributed by atoms with Gasteiger partial charge in [-0.3, -0.25) is 0 Å². The normalized spacial score (nSPS) is 19.4. The van der Waals surface area contributed by atoms with Crippen LogP contribution in [0.2, 0.25) is 0 Å². The maximum absolute atomic E-state index is 13.6. The monoisotopic (exact) mass is 404 g/mol. The number of aromatic amines is 1. The Bertz CT molecular complexity index is 1110. The zero-order chi connectivity index (χ0) is 19.9. The van der Waals surface area contributed by atoms with Gasteiger partial charge in [0.15, 0.2) is 9.84 Å². The molecule has 0 bridgehead atoms. The number of sulfone groups is 1. The van der Waals surface area contributed by atoms with Crippen LogP contribution in [0.4, 0.5) is 10.2 Å². The molecule has 0 radical (unpaired) electrons. The highest BCUT2D eigenvalue weighted by Gasteiger charge is 2.37.